The van der Waals surface area contributed by atoms with Gasteiger partial charge in [0.15, 0.2) is 0 Å². The van der Waals surface area contributed by atoms with Gasteiger partial charge in [-0.2, -0.15) is 0 Å². The molecule has 1 aromatic carbocycles. The molecule has 1 aromatic rings. The summed E-state index contributed by atoms with van der Waals surface area (Å²) in [6.45, 7) is 7.82. The largest absolute Gasteiger partial charge is 0.489 e. The van der Waals surface area contributed by atoms with E-state index in [1.54, 1.807) is 0 Å². The Morgan fingerprint density at radius 3 is 2.67 bits per heavy atom. The zero-order valence-corrected chi connectivity index (χ0v) is 13.4. The fourth-order valence-electron chi connectivity index (χ4n) is 1.97. The molecular weight excluding hydrogens is 264 g/mol. The second-order valence-corrected chi connectivity index (χ2v) is 5.42. The first-order valence-corrected chi connectivity index (χ1v) is 7.89. The summed E-state index contributed by atoms with van der Waals surface area (Å²) < 4.78 is 5.69. The molecule has 0 aromatic heterocycles. The van der Waals surface area contributed by atoms with Crippen molar-refractivity contribution in [2.24, 2.45) is 0 Å². The van der Waals surface area contributed by atoms with Gasteiger partial charge in [0.2, 0.25) is 5.91 Å². The van der Waals surface area contributed by atoms with Crippen LogP contribution in [0.3, 0.4) is 0 Å². The van der Waals surface area contributed by atoms with Crippen molar-refractivity contribution in [3.05, 3.63) is 24.3 Å². The average Bonchev–Trinajstić information content (AvgIpc) is 2.44. The Labute approximate surface area is 128 Å². The molecule has 0 saturated heterocycles. The third-order valence-corrected chi connectivity index (χ3v) is 3.01. The molecule has 0 atom stereocenters. The van der Waals surface area contributed by atoms with E-state index in [0.717, 1.165) is 18.0 Å². The number of hydrogen-bond donors (Lipinski definition) is 2. The first-order chi connectivity index (χ1) is 10.1. The lowest BCUT2D eigenvalue weighted by atomic mass is 10.2. The lowest BCUT2D eigenvalue weighted by molar-refractivity contribution is -0.116. The standard InChI is InChI=1S/C17H28N2O2/c1-4-5-8-12-18-13-11-17(20)19-15-9-6-7-10-16(15)21-14(2)3/h6-7,9-10,14,18H,4-5,8,11-13H2,1-3H3,(H,19,20). The molecule has 4 heteroatoms. The van der Waals surface area contributed by atoms with Crippen LogP contribution in [0, 0.1) is 0 Å². The first kappa shape index (κ1) is 17.5. The number of para-hydroxylation sites is 2. The molecule has 0 radical (unpaired) electrons. The van der Waals surface area contributed by atoms with Crippen molar-refractivity contribution in [3.63, 3.8) is 0 Å². The second kappa shape index (κ2) is 10.2. The fourth-order valence-corrected chi connectivity index (χ4v) is 1.97. The van der Waals surface area contributed by atoms with E-state index in [0.29, 0.717) is 13.0 Å². The van der Waals surface area contributed by atoms with E-state index in [1.807, 2.05) is 38.1 Å². The predicted molar refractivity (Wildman–Crippen MR) is 87.8 cm³/mol. The topological polar surface area (TPSA) is 50.4 Å². The van der Waals surface area contributed by atoms with Crippen LogP contribution < -0.4 is 15.4 Å². The molecule has 0 aliphatic heterocycles. The Morgan fingerprint density at radius 2 is 1.95 bits per heavy atom. The zero-order chi connectivity index (χ0) is 15.5. The number of nitrogens with one attached hydrogen (secondary N) is 2. The Morgan fingerprint density at radius 1 is 1.19 bits per heavy atom. The van der Waals surface area contributed by atoms with Crippen LogP contribution in [0.2, 0.25) is 0 Å². The molecule has 0 saturated carbocycles. The number of anilines is 1. The lowest BCUT2D eigenvalue weighted by Crippen LogP contribution is -2.23. The van der Waals surface area contributed by atoms with Crippen molar-refractivity contribution in [2.75, 3.05) is 18.4 Å². The number of ether oxygens (including phenoxy) is 1. The van der Waals surface area contributed by atoms with Gasteiger partial charge in [0.25, 0.3) is 0 Å². The molecule has 0 heterocycles. The van der Waals surface area contributed by atoms with Gasteiger partial charge in [0.05, 0.1) is 11.8 Å². The lowest BCUT2D eigenvalue weighted by Gasteiger charge is -2.14. The highest BCUT2D eigenvalue weighted by Gasteiger charge is 2.08. The van der Waals surface area contributed by atoms with E-state index in [-0.39, 0.29) is 12.0 Å². The Bertz CT molecular complexity index is 419. The zero-order valence-electron chi connectivity index (χ0n) is 13.4. The van der Waals surface area contributed by atoms with Crippen molar-refractivity contribution in [1.82, 2.24) is 5.32 Å². The predicted octanol–water partition coefficient (Wildman–Crippen LogP) is 3.58. The minimum Gasteiger partial charge on any atom is -0.489 e. The number of carbonyl (C=O) groups is 1. The molecule has 0 aliphatic carbocycles. The van der Waals surface area contributed by atoms with Gasteiger partial charge < -0.3 is 15.4 Å². The molecule has 4 nitrogen and oxygen atoms in total. The summed E-state index contributed by atoms with van der Waals surface area (Å²) in [7, 11) is 0. The SMILES string of the molecule is CCCCCNCCC(=O)Nc1ccccc1OC(C)C. The van der Waals surface area contributed by atoms with Crippen LogP contribution in [0.25, 0.3) is 0 Å². The first-order valence-electron chi connectivity index (χ1n) is 7.89. The van der Waals surface area contributed by atoms with Gasteiger partial charge in [-0.15, -0.1) is 0 Å². The van der Waals surface area contributed by atoms with Crippen LogP contribution in [0.4, 0.5) is 5.69 Å². The molecule has 0 fully saturated rings. The molecule has 0 aliphatic rings. The van der Waals surface area contributed by atoms with Crippen LogP contribution in [0.1, 0.15) is 46.5 Å². The molecule has 118 valence electrons. The summed E-state index contributed by atoms with van der Waals surface area (Å²) in [5, 5.41) is 6.21. The van der Waals surface area contributed by atoms with E-state index in [4.69, 9.17) is 4.74 Å². The third-order valence-electron chi connectivity index (χ3n) is 3.01. The normalized spacial score (nSPS) is 10.7. The highest BCUT2D eigenvalue weighted by Crippen LogP contribution is 2.24. The Balaban J connectivity index is 2.34. The van der Waals surface area contributed by atoms with E-state index in [2.05, 4.69) is 17.6 Å². The maximum Gasteiger partial charge on any atom is 0.225 e. The van der Waals surface area contributed by atoms with E-state index < -0.39 is 0 Å². The van der Waals surface area contributed by atoms with Crippen LogP contribution >= 0.6 is 0 Å². The van der Waals surface area contributed by atoms with Crippen molar-refractivity contribution in [2.45, 2.75) is 52.6 Å². The van der Waals surface area contributed by atoms with Crippen LogP contribution in [-0.2, 0) is 4.79 Å². The molecule has 0 unspecified atom stereocenters. The molecule has 2 N–H and O–H groups in total. The third kappa shape index (κ3) is 7.71. The van der Waals surface area contributed by atoms with Gasteiger partial charge in [-0.1, -0.05) is 31.9 Å². The number of benzene rings is 1. The smallest absolute Gasteiger partial charge is 0.225 e. The summed E-state index contributed by atoms with van der Waals surface area (Å²) >= 11 is 0. The average molecular weight is 292 g/mol. The Hall–Kier alpha value is -1.55. The number of hydrogen-bond acceptors (Lipinski definition) is 3. The molecule has 1 amide bonds. The maximum atomic E-state index is 11.9. The van der Waals surface area contributed by atoms with Gasteiger partial charge in [-0.25, -0.2) is 0 Å². The van der Waals surface area contributed by atoms with Crippen molar-refractivity contribution in [3.8, 4) is 5.75 Å². The van der Waals surface area contributed by atoms with Gasteiger partial charge in [-0.05, 0) is 38.9 Å². The van der Waals surface area contributed by atoms with Crippen LogP contribution in [0.15, 0.2) is 24.3 Å². The summed E-state index contributed by atoms with van der Waals surface area (Å²) in [5.74, 6) is 0.731. The highest BCUT2D eigenvalue weighted by atomic mass is 16.5. The molecule has 1 rings (SSSR count). The maximum absolute atomic E-state index is 11.9. The molecular formula is C17H28N2O2. The molecule has 0 spiro atoms. The molecule has 21 heavy (non-hydrogen) atoms. The monoisotopic (exact) mass is 292 g/mol. The highest BCUT2D eigenvalue weighted by molar-refractivity contribution is 5.92. The minimum atomic E-state index is 0.0118. The minimum absolute atomic E-state index is 0.0118. The van der Waals surface area contributed by atoms with E-state index in [1.165, 1.54) is 19.3 Å². The van der Waals surface area contributed by atoms with Crippen LogP contribution in [0.5, 0.6) is 5.75 Å². The van der Waals surface area contributed by atoms with Crippen molar-refractivity contribution in [1.29, 1.82) is 0 Å². The summed E-state index contributed by atoms with van der Waals surface area (Å²) in [6, 6.07) is 7.54. The number of unbranched alkanes of at least 4 members (excludes halogenated alkanes) is 2. The summed E-state index contributed by atoms with van der Waals surface area (Å²) in [6.07, 6.45) is 4.18. The number of amides is 1. The number of rotatable bonds is 10. The van der Waals surface area contributed by atoms with Gasteiger partial charge in [0, 0.05) is 13.0 Å². The van der Waals surface area contributed by atoms with Crippen molar-refractivity contribution < 1.29 is 9.53 Å². The Kier molecular flexibility index (Phi) is 8.51. The van der Waals surface area contributed by atoms with Crippen LogP contribution in [-0.4, -0.2) is 25.1 Å². The van der Waals surface area contributed by atoms with Crippen molar-refractivity contribution >= 4 is 11.6 Å². The molecule has 0 bridgehead atoms. The quantitative estimate of drug-likeness (QED) is 0.648. The summed E-state index contributed by atoms with van der Waals surface area (Å²) in [4.78, 5) is 11.9. The van der Waals surface area contributed by atoms with E-state index >= 15 is 0 Å². The van der Waals surface area contributed by atoms with Gasteiger partial charge in [0.1, 0.15) is 5.75 Å². The fraction of sp³-hybridized carbons (Fsp3) is 0.588. The van der Waals surface area contributed by atoms with E-state index in [9.17, 15) is 4.79 Å². The summed E-state index contributed by atoms with van der Waals surface area (Å²) in [5.41, 5.74) is 0.738. The number of carbonyl (C=O) groups excluding carboxylic acids is 1. The van der Waals surface area contributed by atoms with Gasteiger partial charge in [-0.3, -0.25) is 4.79 Å². The van der Waals surface area contributed by atoms with Gasteiger partial charge >= 0.3 is 0 Å². The second-order valence-electron chi connectivity index (χ2n) is 5.42.